The third kappa shape index (κ3) is 3.03. The highest BCUT2D eigenvalue weighted by Crippen LogP contribution is 2.31. The summed E-state index contributed by atoms with van der Waals surface area (Å²) < 4.78 is 13.7. The molecule has 16 heavy (non-hydrogen) atoms. The minimum absolute atomic E-state index is 0.0126. The molecule has 3 heteroatoms. The van der Waals surface area contributed by atoms with Gasteiger partial charge >= 0.3 is 0 Å². The first-order valence-electron chi connectivity index (χ1n) is 5.52. The van der Waals surface area contributed by atoms with Gasteiger partial charge in [0.2, 0.25) is 0 Å². The number of hydrogen-bond donors (Lipinski definition) is 2. The Balaban J connectivity index is 3.15. The van der Waals surface area contributed by atoms with Crippen molar-refractivity contribution in [2.24, 2.45) is 5.73 Å². The van der Waals surface area contributed by atoms with Crippen molar-refractivity contribution in [2.75, 3.05) is 6.61 Å². The second-order valence-corrected chi connectivity index (χ2v) is 4.91. The van der Waals surface area contributed by atoms with E-state index < -0.39 is 5.54 Å². The molecule has 0 aromatic heterocycles. The number of rotatable bonds is 4. The van der Waals surface area contributed by atoms with Crippen LogP contribution in [-0.2, 0) is 0 Å². The molecular formula is C13H20FNO. The van der Waals surface area contributed by atoms with Crippen LogP contribution in [0, 0.1) is 12.7 Å². The van der Waals surface area contributed by atoms with Crippen LogP contribution in [0.25, 0.3) is 0 Å². The summed E-state index contributed by atoms with van der Waals surface area (Å²) in [4.78, 5) is 0. The Bertz CT molecular complexity index is 357. The maximum Gasteiger partial charge on any atom is 0.126 e. The van der Waals surface area contributed by atoms with Gasteiger partial charge in [-0.1, -0.05) is 17.7 Å². The third-order valence-corrected chi connectivity index (χ3v) is 2.84. The van der Waals surface area contributed by atoms with Crippen molar-refractivity contribution < 1.29 is 9.50 Å². The fourth-order valence-corrected chi connectivity index (χ4v) is 1.99. The molecule has 0 spiro atoms. The third-order valence-electron chi connectivity index (χ3n) is 2.84. The fourth-order valence-electron chi connectivity index (χ4n) is 1.99. The topological polar surface area (TPSA) is 46.2 Å². The van der Waals surface area contributed by atoms with E-state index in [1.807, 2.05) is 26.8 Å². The summed E-state index contributed by atoms with van der Waals surface area (Å²) in [6, 6.07) is 5.00. The van der Waals surface area contributed by atoms with Gasteiger partial charge in [0.15, 0.2) is 0 Å². The van der Waals surface area contributed by atoms with E-state index >= 15 is 0 Å². The molecule has 0 aliphatic heterocycles. The van der Waals surface area contributed by atoms with Crippen molar-refractivity contribution in [1.82, 2.24) is 0 Å². The van der Waals surface area contributed by atoms with Gasteiger partial charge in [-0.2, -0.15) is 0 Å². The summed E-state index contributed by atoms with van der Waals surface area (Å²) in [5.74, 6) is -0.417. The van der Waals surface area contributed by atoms with Crippen LogP contribution in [0.2, 0.25) is 0 Å². The Morgan fingerprint density at radius 2 is 2.06 bits per heavy atom. The van der Waals surface area contributed by atoms with Gasteiger partial charge < -0.3 is 10.8 Å². The van der Waals surface area contributed by atoms with Gasteiger partial charge in [0.1, 0.15) is 5.82 Å². The molecule has 90 valence electrons. The molecule has 0 radical (unpaired) electrons. The lowest BCUT2D eigenvalue weighted by molar-refractivity contribution is 0.248. The van der Waals surface area contributed by atoms with Gasteiger partial charge in [-0.25, -0.2) is 4.39 Å². The minimum atomic E-state index is -0.544. The maximum absolute atomic E-state index is 13.7. The molecule has 1 unspecified atom stereocenters. The number of benzene rings is 1. The molecule has 1 rings (SSSR count). The van der Waals surface area contributed by atoms with Crippen LogP contribution in [0.3, 0.4) is 0 Å². The molecule has 0 saturated carbocycles. The lowest BCUT2D eigenvalue weighted by Crippen LogP contribution is -2.40. The molecule has 2 nitrogen and oxygen atoms in total. The lowest BCUT2D eigenvalue weighted by atomic mass is 9.80. The first-order chi connectivity index (χ1) is 7.36. The lowest BCUT2D eigenvalue weighted by Gasteiger charge is -2.31. The quantitative estimate of drug-likeness (QED) is 0.826. The van der Waals surface area contributed by atoms with Gasteiger partial charge in [-0.3, -0.25) is 0 Å². The molecule has 1 aromatic carbocycles. The van der Waals surface area contributed by atoms with E-state index in [1.165, 1.54) is 6.07 Å². The highest BCUT2D eigenvalue weighted by molar-refractivity contribution is 5.29. The summed E-state index contributed by atoms with van der Waals surface area (Å²) in [5, 5.41) is 9.04. The van der Waals surface area contributed by atoms with Crippen LogP contribution >= 0.6 is 0 Å². The highest BCUT2D eigenvalue weighted by Gasteiger charge is 2.28. The zero-order valence-electron chi connectivity index (χ0n) is 10.1. The molecule has 0 aliphatic carbocycles. The fraction of sp³-hybridized carbons (Fsp3) is 0.538. The minimum Gasteiger partial charge on any atom is -0.396 e. The maximum atomic E-state index is 13.7. The zero-order chi connectivity index (χ0) is 12.3. The monoisotopic (exact) mass is 225 g/mol. The Kier molecular flexibility index (Phi) is 4.05. The molecule has 0 saturated heterocycles. The zero-order valence-corrected chi connectivity index (χ0v) is 10.1. The van der Waals surface area contributed by atoms with E-state index in [2.05, 4.69) is 0 Å². The number of aryl methyl sites for hydroxylation is 1. The largest absolute Gasteiger partial charge is 0.396 e. The molecule has 0 aliphatic rings. The van der Waals surface area contributed by atoms with E-state index in [0.29, 0.717) is 12.0 Å². The van der Waals surface area contributed by atoms with Gasteiger partial charge in [-0.05, 0) is 38.8 Å². The Hall–Kier alpha value is -0.930. The first kappa shape index (κ1) is 13.1. The molecule has 0 heterocycles. The molecule has 0 amide bonds. The van der Waals surface area contributed by atoms with Crippen molar-refractivity contribution in [1.29, 1.82) is 0 Å². The predicted molar refractivity (Wildman–Crippen MR) is 63.8 cm³/mol. The van der Waals surface area contributed by atoms with E-state index in [0.717, 1.165) is 5.56 Å². The SMILES string of the molecule is Cc1ccc(F)c(C(CCO)C(C)(C)N)c1. The summed E-state index contributed by atoms with van der Waals surface area (Å²) in [6.07, 6.45) is 0.476. The van der Waals surface area contributed by atoms with Crippen molar-refractivity contribution in [3.63, 3.8) is 0 Å². The highest BCUT2D eigenvalue weighted by atomic mass is 19.1. The second-order valence-electron chi connectivity index (χ2n) is 4.91. The van der Waals surface area contributed by atoms with E-state index in [4.69, 9.17) is 10.8 Å². The number of aliphatic hydroxyl groups excluding tert-OH is 1. The molecule has 0 bridgehead atoms. The average Bonchev–Trinajstić information content (AvgIpc) is 2.17. The predicted octanol–water partition coefficient (Wildman–Crippen LogP) is 2.34. The summed E-state index contributed by atoms with van der Waals surface area (Å²) in [5.41, 5.74) is 7.10. The van der Waals surface area contributed by atoms with Crippen molar-refractivity contribution in [3.05, 3.63) is 35.1 Å². The van der Waals surface area contributed by atoms with Gasteiger partial charge in [0.05, 0.1) is 0 Å². The van der Waals surface area contributed by atoms with Crippen LogP contribution in [0.4, 0.5) is 4.39 Å². The van der Waals surface area contributed by atoms with Gasteiger partial charge in [0.25, 0.3) is 0 Å². The van der Waals surface area contributed by atoms with Gasteiger partial charge in [0, 0.05) is 18.1 Å². The second kappa shape index (κ2) is 4.93. The van der Waals surface area contributed by atoms with Gasteiger partial charge in [-0.15, -0.1) is 0 Å². The number of halogens is 1. The smallest absolute Gasteiger partial charge is 0.126 e. The first-order valence-corrected chi connectivity index (χ1v) is 5.52. The molecule has 1 atom stereocenters. The van der Waals surface area contributed by atoms with E-state index in [1.54, 1.807) is 6.07 Å². The van der Waals surface area contributed by atoms with Crippen molar-refractivity contribution in [2.45, 2.75) is 38.6 Å². The molecule has 0 fully saturated rings. The van der Waals surface area contributed by atoms with Crippen molar-refractivity contribution in [3.8, 4) is 0 Å². The number of aliphatic hydroxyl groups is 1. The summed E-state index contributed by atoms with van der Waals surface area (Å²) in [6.45, 7) is 5.64. The molecular weight excluding hydrogens is 205 g/mol. The molecule has 1 aromatic rings. The van der Waals surface area contributed by atoms with Crippen LogP contribution in [0.1, 0.15) is 37.3 Å². The standard InChI is InChI=1S/C13H20FNO/c1-9-4-5-12(14)10(8-9)11(6-7-16)13(2,3)15/h4-5,8,11,16H,6-7,15H2,1-3H3. The van der Waals surface area contributed by atoms with E-state index in [9.17, 15) is 4.39 Å². The molecule has 3 N–H and O–H groups in total. The van der Waals surface area contributed by atoms with E-state index in [-0.39, 0.29) is 18.3 Å². The average molecular weight is 225 g/mol. The summed E-state index contributed by atoms with van der Waals surface area (Å²) in [7, 11) is 0. The van der Waals surface area contributed by atoms with Crippen LogP contribution in [-0.4, -0.2) is 17.3 Å². The van der Waals surface area contributed by atoms with Crippen LogP contribution in [0.15, 0.2) is 18.2 Å². The summed E-state index contributed by atoms with van der Waals surface area (Å²) >= 11 is 0. The number of hydrogen-bond acceptors (Lipinski definition) is 2. The normalized spacial score (nSPS) is 13.9. The van der Waals surface area contributed by atoms with Crippen LogP contribution in [0.5, 0.6) is 0 Å². The van der Waals surface area contributed by atoms with Crippen molar-refractivity contribution >= 4 is 0 Å². The Labute approximate surface area is 96.3 Å². The van der Waals surface area contributed by atoms with Crippen LogP contribution < -0.4 is 5.73 Å². The Morgan fingerprint density at radius 3 is 2.56 bits per heavy atom. The number of nitrogens with two attached hydrogens (primary N) is 1. The Morgan fingerprint density at radius 1 is 1.44 bits per heavy atom.